The van der Waals surface area contributed by atoms with E-state index in [4.69, 9.17) is 4.42 Å². The first kappa shape index (κ1) is 13.8. The minimum atomic E-state index is 0.932. The summed E-state index contributed by atoms with van der Waals surface area (Å²) < 4.78 is 7.33. The van der Waals surface area contributed by atoms with Gasteiger partial charge in [-0.1, -0.05) is 64.5 Å². The van der Waals surface area contributed by atoms with Crippen molar-refractivity contribution in [3.8, 4) is 11.1 Å². The lowest BCUT2D eigenvalue weighted by Gasteiger charge is -2.01. The summed E-state index contributed by atoms with van der Waals surface area (Å²) in [5, 5.41) is 4.70. The van der Waals surface area contributed by atoms with E-state index in [1.54, 1.807) is 0 Å². The van der Waals surface area contributed by atoms with Crippen molar-refractivity contribution < 1.29 is 4.42 Å². The number of furan rings is 1. The summed E-state index contributed by atoms with van der Waals surface area (Å²) in [6, 6.07) is 27.5. The maximum absolute atomic E-state index is 6.24. The average Bonchev–Trinajstić information content (AvgIpc) is 3.00. The van der Waals surface area contributed by atoms with Gasteiger partial charge < -0.3 is 4.42 Å². The Morgan fingerprint density at radius 1 is 0.625 bits per heavy atom. The highest BCUT2D eigenvalue weighted by Gasteiger charge is 2.11. The van der Waals surface area contributed by atoms with E-state index in [0.29, 0.717) is 0 Å². The Labute approximate surface area is 147 Å². The molecule has 0 bridgehead atoms. The van der Waals surface area contributed by atoms with E-state index in [-0.39, 0.29) is 0 Å². The van der Waals surface area contributed by atoms with Crippen LogP contribution in [0.3, 0.4) is 0 Å². The summed E-state index contributed by atoms with van der Waals surface area (Å²) in [6.45, 7) is 0. The van der Waals surface area contributed by atoms with Crippen LogP contribution in [0.5, 0.6) is 0 Å². The van der Waals surface area contributed by atoms with Gasteiger partial charge in [-0.15, -0.1) is 0 Å². The first-order valence-corrected chi connectivity index (χ1v) is 8.69. The summed E-state index contributed by atoms with van der Waals surface area (Å²) >= 11 is 3.49. The molecule has 0 aliphatic heterocycles. The molecule has 0 fully saturated rings. The minimum absolute atomic E-state index is 0.932. The Morgan fingerprint density at radius 3 is 2.25 bits per heavy atom. The molecule has 1 aromatic heterocycles. The van der Waals surface area contributed by atoms with E-state index >= 15 is 0 Å². The zero-order valence-electron chi connectivity index (χ0n) is 12.8. The van der Waals surface area contributed by atoms with Gasteiger partial charge in [0.2, 0.25) is 0 Å². The number of hydrogen-bond donors (Lipinski definition) is 0. The highest BCUT2D eigenvalue weighted by molar-refractivity contribution is 9.10. The molecule has 1 heterocycles. The molecule has 114 valence electrons. The molecule has 5 aromatic rings. The molecule has 4 aromatic carbocycles. The molecule has 0 saturated carbocycles. The van der Waals surface area contributed by atoms with E-state index in [2.05, 4.69) is 94.8 Å². The summed E-state index contributed by atoms with van der Waals surface area (Å²) in [4.78, 5) is 0. The molecule has 0 saturated heterocycles. The Kier molecular flexibility index (Phi) is 3.00. The molecule has 1 nitrogen and oxygen atoms in total. The minimum Gasteiger partial charge on any atom is -0.455 e. The lowest BCUT2D eigenvalue weighted by molar-refractivity contribution is 0.673. The van der Waals surface area contributed by atoms with Gasteiger partial charge in [-0.25, -0.2) is 0 Å². The first-order valence-electron chi connectivity index (χ1n) is 7.89. The third-order valence-electron chi connectivity index (χ3n) is 4.54. The number of hydrogen-bond acceptors (Lipinski definition) is 1. The number of rotatable bonds is 1. The summed E-state index contributed by atoms with van der Waals surface area (Å²) in [6.07, 6.45) is 0. The molecule has 2 heteroatoms. The van der Waals surface area contributed by atoms with Crippen molar-refractivity contribution in [2.24, 2.45) is 0 Å². The van der Waals surface area contributed by atoms with Crippen LogP contribution >= 0.6 is 15.9 Å². The fourth-order valence-electron chi connectivity index (χ4n) is 3.33. The molecule has 5 rings (SSSR count). The normalized spacial score (nSPS) is 11.5. The average molecular weight is 373 g/mol. The number of halogens is 1. The molecule has 0 atom stereocenters. The van der Waals surface area contributed by atoms with E-state index in [1.165, 1.54) is 21.9 Å². The van der Waals surface area contributed by atoms with Crippen LogP contribution in [-0.4, -0.2) is 0 Å². The predicted molar refractivity (Wildman–Crippen MR) is 104 cm³/mol. The van der Waals surface area contributed by atoms with Crippen LogP contribution in [0.4, 0.5) is 0 Å². The van der Waals surface area contributed by atoms with Gasteiger partial charge in [0.25, 0.3) is 0 Å². The van der Waals surface area contributed by atoms with Gasteiger partial charge in [0.1, 0.15) is 11.2 Å². The van der Waals surface area contributed by atoms with Gasteiger partial charge >= 0.3 is 0 Å². The van der Waals surface area contributed by atoms with Crippen LogP contribution in [0.15, 0.2) is 87.8 Å². The van der Waals surface area contributed by atoms with Crippen LogP contribution in [0.25, 0.3) is 43.8 Å². The van der Waals surface area contributed by atoms with Crippen molar-refractivity contribution in [2.75, 3.05) is 0 Å². The Hall–Kier alpha value is -2.58. The largest absolute Gasteiger partial charge is 0.455 e. The molecule has 0 spiro atoms. The van der Waals surface area contributed by atoms with E-state index < -0.39 is 0 Å². The highest BCUT2D eigenvalue weighted by atomic mass is 79.9. The maximum atomic E-state index is 6.24. The second kappa shape index (κ2) is 5.22. The zero-order chi connectivity index (χ0) is 16.1. The van der Waals surface area contributed by atoms with Crippen LogP contribution in [0, 0.1) is 0 Å². The van der Waals surface area contributed by atoms with Crippen molar-refractivity contribution in [3.05, 3.63) is 83.3 Å². The van der Waals surface area contributed by atoms with Gasteiger partial charge in [0.05, 0.1) is 0 Å². The standard InChI is InChI=1S/C22H13BrO/c23-17-9-5-14(6-10-17)16-8-11-19-20-12-7-15-3-1-2-4-18(15)22(20)24-21(19)13-16/h1-13H. The van der Waals surface area contributed by atoms with Crippen LogP contribution in [0.2, 0.25) is 0 Å². The van der Waals surface area contributed by atoms with Crippen LogP contribution in [0.1, 0.15) is 0 Å². The van der Waals surface area contributed by atoms with Gasteiger partial charge in [-0.2, -0.15) is 0 Å². The van der Waals surface area contributed by atoms with Gasteiger partial charge in [0, 0.05) is 20.6 Å². The predicted octanol–water partition coefficient (Wildman–Crippen LogP) is 7.17. The Morgan fingerprint density at radius 2 is 1.38 bits per heavy atom. The molecule has 0 unspecified atom stereocenters. The fourth-order valence-corrected chi connectivity index (χ4v) is 3.59. The summed E-state index contributed by atoms with van der Waals surface area (Å²) in [5.41, 5.74) is 4.25. The third-order valence-corrected chi connectivity index (χ3v) is 5.07. The zero-order valence-corrected chi connectivity index (χ0v) is 14.4. The summed E-state index contributed by atoms with van der Waals surface area (Å²) in [7, 11) is 0. The highest BCUT2D eigenvalue weighted by Crippen LogP contribution is 2.36. The van der Waals surface area contributed by atoms with Crippen LogP contribution < -0.4 is 0 Å². The maximum Gasteiger partial charge on any atom is 0.143 e. The smallest absolute Gasteiger partial charge is 0.143 e. The molecule has 0 aliphatic carbocycles. The van der Waals surface area contributed by atoms with Gasteiger partial charge in [-0.3, -0.25) is 0 Å². The van der Waals surface area contributed by atoms with E-state index in [0.717, 1.165) is 26.4 Å². The molecular weight excluding hydrogens is 360 g/mol. The quantitative estimate of drug-likeness (QED) is 0.304. The number of fused-ring (bicyclic) bond motifs is 5. The SMILES string of the molecule is Brc1ccc(-c2ccc3c(c2)oc2c4ccccc4ccc32)cc1. The number of benzene rings is 4. The lowest BCUT2D eigenvalue weighted by atomic mass is 10.0. The molecule has 24 heavy (non-hydrogen) atoms. The summed E-state index contributed by atoms with van der Waals surface area (Å²) in [5.74, 6) is 0. The second-order valence-electron chi connectivity index (χ2n) is 5.98. The van der Waals surface area contributed by atoms with Crippen LogP contribution in [-0.2, 0) is 0 Å². The second-order valence-corrected chi connectivity index (χ2v) is 6.90. The molecule has 0 N–H and O–H groups in total. The Balaban J connectivity index is 1.79. The first-order chi connectivity index (χ1) is 11.8. The van der Waals surface area contributed by atoms with E-state index in [1.807, 2.05) is 0 Å². The van der Waals surface area contributed by atoms with Gasteiger partial charge in [-0.05, 0) is 46.8 Å². The Bertz CT molecular complexity index is 1200. The van der Waals surface area contributed by atoms with Crippen molar-refractivity contribution in [3.63, 3.8) is 0 Å². The van der Waals surface area contributed by atoms with Crippen molar-refractivity contribution in [1.29, 1.82) is 0 Å². The monoisotopic (exact) mass is 372 g/mol. The van der Waals surface area contributed by atoms with Crippen molar-refractivity contribution in [1.82, 2.24) is 0 Å². The molecule has 0 amide bonds. The molecular formula is C22H13BrO. The van der Waals surface area contributed by atoms with Crippen molar-refractivity contribution in [2.45, 2.75) is 0 Å². The lowest BCUT2D eigenvalue weighted by Crippen LogP contribution is -1.77. The van der Waals surface area contributed by atoms with Crippen molar-refractivity contribution >= 4 is 48.6 Å². The molecule has 0 radical (unpaired) electrons. The topological polar surface area (TPSA) is 13.1 Å². The molecule has 0 aliphatic rings. The third kappa shape index (κ3) is 2.07. The van der Waals surface area contributed by atoms with E-state index in [9.17, 15) is 0 Å². The fraction of sp³-hybridized carbons (Fsp3) is 0. The van der Waals surface area contributed by atoms with Gasteiger partial charge in [0.15, 0.2) is 0 Å².